The van der Waals surface area contributed by atoms with E-state index in [0.29, 0.717) is 19.1 Å². The molecule has 1 N–H and O–H groups in total. The van der Waals surface area contributed by atoms with Crippen LogP contribution in [0.3, 0.4) is 0 Å². The van der Waals surface area contributed by atoms with Crippen molar-refractivity contribution in [1.29, 1.82) is 0 Å². The Labute approximate surface area is 179 Å². The molecule has 0 bridgehead atoms. The first-order valence-corrected chi connectivity index (χ1v) is 11.0. The van der Waals surface area contributed by atoms with E-state index in [4.69, 9.17) is 9.47 Å². The highest BCUT2D eigenvalue weighted by Gasteiger charge is 2.39. The second kappa shape index (κ2) is 11.6. The molecule has 162 valence electrons. The summed E-state index contributed by atoms with van der Waals surface area (Å²) in [6.45, 7) is 4.98. The van der Waals surface area contributed by atoms with Crippen LogP contribution in [-0.2, 0) is 4.79 Å². The molecule has 1 fully saturated rings. The lowest BCUT2D eigenvalue weighted by molar-refractivity contribution is -0.149. The Kier molecular flexibility index (Phi) is 8.57. The molecule has 1 saturated heterocycles. The second-order valence-corrected chi connectivity index (χ2v) is 8.07. The maximum atomic E-state index is 12.1. The van der Waals surface area contributed by atoms with Gasteiger partial charge in [0.25, 0.3) is 0 Å². The van der Waals surface area contributed by atoms with Gasteiger partial charge < -0.3 is 14.6 Å². The Bertz CT molecular complexity index is 752. The Morgan fingerprint density at radius 3 is 2.10 bits per heavy atom. The highest BCUT2D eigenvalue weighted by Crippen LogP contribution is 2.33. The predicted molar refractivity (Wildman–Crippen MR) is 118 cm³/mol. The zero-order chi connectivity index (χ0) is 21.2. The third kappa shape index (κ3) is 6.49. The fraction of sp³-hybridized carbons (Fsp3) is 0.480. The molecule has 0 aliphatic carbocycles. The van der Waals surface area contributed by atoms with Gasteiger partial charge in [0, 0.05) is 6.54 Å². The number of ether oxygens (including phenoxy) is 2. The molecule has 0 radical (unpaired) electrons. The lowest BCUT2D eigenvalue weighted by Crippen LogP contribution is -2.53. The highest BCUT2D eigenvalue weighted by molar-refractivity contribution is 5.74. The second-order valence-electron chi connectivity index (χ2n) is 8.07. The van der Waals surface area contributed by atoms with E-state index in [1.54, 1.807) is 0 Å². The largest absolute Gasteiger partial charge is 0.494 e. The van der Waals surface area contributed by atoms with Crippen molar-refractivity contribution in [3.63, 3.8) is 0 Å². The van der Waals surface area contributed by atoms with E-state index in [-0.39, 0.29) is 5.92 Å². The van der Waals surface area contributed by atoms with Crippen LogP contribution in [0.1, 0.15) is 32.6 Å². The van der Waals surface area contributed by atoms with Gasteiger partial charge in [-0.3, -0.25) is 9.69 Å². The number of hydrogen-bond donors (Lipinski definition) is 1. The Hall–Kier alpha value is -2.53. The Balaban J connectivity index is 1.47. The molecule has 30 heavy (non-hydrogen) atoms. The smallest absolute Gasteiger partial charge is 0.321 e. The number of carboxylic acid groups (broad SMARTS) is 1. The number of hydrogen-bond acceptors (Lipinski definition) is 4. The van der Waals surface area contributed by atoms with Gasteiger partial charge in [0.2, 0.25) is 0 Å². The van der Waals surface area contributed by atoms with Crippen LogP contribution in [0, 0.1) is 11.8 Å². The van der Waals surface area contributed by atoms with E-state index in [9.17, 15) is 9.90 Å². The lowest BCUT2D eigenvalue weighted by Gasteiger charge is -2.42. The van der Waals surface area contributed by atoms with Crippen LogP contribution < -0.4 is 9.47 Å². The van der Waals surface area contributed by atoms with E-state index < -0.39 is 12.0 Å². The quantitative estimate of drug-likeness (QED) is 0.542. The molecule has 3 unspecified atom stereocenters. The SMILES string of the molecule is CC1CCN(CCCOc2ccccc2)C(C(=O)O)C1CCCOc1ccccc1. The molecule has 2 aromatic carbocycles. The van der Waals surface area contributed by atoms with Gasteiger partial charge in [-0.2, -0.15) is 0 Å². The van der Waals surface area contributed by atoms with Crippen LogP contribution in [0.25, 0.3) is 0 Å². The van der Waals surface area contributed by atoms with Crippen LogP contribution in [0.15, 0.2) is 60.7 Å². The van der Waals surface area contributed by atoms with Gasteiger partial charge in [0.15, 0.2) is 0 Å². The van der Waals surface area contributed by atoms with E-state index in [2.05, 4.69) is 11.8 Å². The number of carboxylic acids is 1. The van der Waals surface area contributed by atoms with Crippen molar-refractivity contribution in [2.24, 2.45) is 11.8 Å². The third-order valence-corrected chi connectivity index (χ3v) is 5.95. The van der Waals surface area contributed by atoms with Gasteiger partial charge in [0.05, 0.1) is 13.2 Å². The first-order chi connectivity index (χ1) is 14.6. The van der Waals surface area contributed by atoms with Gasteiger partial charge in [-0.1, -0.05) is 43.3 Å². The minimum Gasteiger partial charge on any atom is -0.494 e. The summed E-state index contributed by atoms with van der Waals surface area (Å²) in [7, 11) is 0. The molecule has 1 aliphatic rings. The molecule has 0 amide bonds. The molecule has 1 heterocycles. The minimum atomic E-state index is -0.709. The summed E-state index contributed by atoms with van der Waals surface area (Å²) in [5.74, 6) is 1.56. The zero-order valence-corrected chi connectivity index (χ0v) is 17.8. The number of piperidine rings is 1. The topological polar surface area (TPSA) is 59.0 Å². The first-order valence-electron chi connectivity index (χ1n) is 11.0. The number of nitrogens with zero attached hydrogens (tertiary/aromatic N) is 1. The van der Waals surface area contributed by atoms with E-state index in [0.717, 1.165) is 50.3 Å². The number of aliphatic carboxylic acids is 1. The van der Waals surface area contributed by atoms with Crippen molar-refractivity contribution < 1.29 is 19.4 Å². The van der Waals surface area contributed by atoms with Crippen molar-refractivity contribution in [3.8, 4) is 11.5 Å². The van der Waals surface area contributed by atoms with Gasteiger partial charge in [-0.15, -0.1) is 0 Å². The third-order valence-electron chi connectivity index (χ3n) is 5.95. The van der Waals surface area contributed by atoms with Gasteiger partial charge in [-0.05, 0) is 68.3 Å². The zero-order valence-electron chi connectivity index (χ0n) is 17.8. The fourth-order valence-electron chi connectivity index (χ4n) is 4.34. The van der Waals surface area contributed by atoms with Gasteiger partial charge in [0.1, 0.15) is 17.5 Å². The number of para-hydroxylation sites is 2. The summed E-state index contributed by atoms with van der Waals surface area (Å²) in [6.07, 6.45) is 3.57. The van der Waals surface area contributed by atoms with Crippen molar-refractivity contribution in [2.75, 3.05) is 26.3 Å². The first kappa shape index (κ1) is 22.2. The number of rotatable bonds is 11. The highest BCUT2D eigenvalue weighted by atomic mass is 16.5. The average molecular weight is 412 g/mol. The van der Waals surface area contributed by atoms with E-state index in [1.807, 2.05) is 60.7 Å². The fourth-order valence-corrected chi connectivity index (χ4v) is 4.34. The van der Waals surface area contributed by atoms with Crippen molar-refractivity contribution >= 4 is 5.97 Å². The maximum Gasteiger partial charge on any atom is 0.321 e. The summed E-state index contributed by atoms with van der Waals surface area (Å²) in [6, 6.07) is 19.1. The molecular weight excluding hydrogens is 378 g/mol. The standard InChI is InChI=1S/C25H33NO4/c1-20-15-17-26(16-9-19-30-22-12-6-3-7-13-22)24(25(27)28)23(20)14-8-18-29-21-10-4-2-5-11-21/h2-7,10-13,20,23-24H,8-9,14-19H2,1H3,(H,27,28). The van der Waals surface area contributed by atoms with E-state index in [1.165, 1.54) is 0 Å². The molecule has 0 spiro atoms. The number of likely N-dealkylation sites (tertiary alicyclic amines) is 1. The van der Waals surface area contributed by atoms with E-state index >= 15 is 0 Å². The molecular formula is C25H33NO4. The van der Waals surface area contributed by atoms with Crippen LogP contribution in [0.2, 0.25) is 0 Å². The van der Waals surface area contributed by atoms with Crippen LogP contribution in [0.5, 0.6) is 11.5 Å². The molecule has 5 nitrogen and oxygen atoms in total. The van der Waals surface area contributed by atoms with Gasteiger partial charge >= 0.3 is 5.97 Å². The summed E-state index contributed by atoms with van der Waals surface area (Å²) >= 11 is 0. The minimum absolute atomic E-state index is 0.144. The molecule has 3 atom stereocenters. The monoisotopic (exact) mass is 411 g/mol. The summed E-state index contributed by atoms with van der Waals surface area (Å²) < 4.78 is 11.6. The van der Waals surface area contributed by atoms with Crippen LogP contribution in [0.4, 0.5) is 0 Å². The normalized spacial score (nSPS) is 21.8. The van der Waals surface area contributed by atoms with Crippen LogP contribution >= 0.6 is 0 Å². The summed E-state index contributed by atoms with van der Waals surface area (Å²) in [5.41, 5.74) is 0. The van der Waals surface area contributed by atoms with Gasteiger partial charge in [-0.25, -0.2) is 0 Å². The average Bonchev–Trinajstić information content (AvgIpc) is 2.77. The van der Waals surface area contributed by atoms with Crippen molar-refractivity contribution in [3.05, 3.63) is 60.7 Å². The Morgan fingerprint density at radius 2 is 1.53 bits per heavy atom. The maximum absolute atomic E-state index is 12.1. The summed E-state index contributed by atoms with van der Waals surface area (Å²) in [5, 5.41) is 9.96. The predicted octanol–water partition coefficient (Wildman–Crippen LogP) is 4.73. The molecule has 0 saturated carbocycles. The number of carbonyl (C=O) groups is 1. The van der Waals surface area contributed by atoms with Crippen molar-refractivity contribution in [1.82, 2.24) is 4.90 Å². The lowest BCUT2D eigenvalue weighted by atomic mass is 9.78. The summed E-state index contributed by atoms with van der Waals surface area (Å²) in [4.78, 5) is 14.3. The van der Waals surface area contributed by atoms with Crippen molar-refractivity contribution in [2.45, 2.75) is 38.6 Å². The van der Waals surface area contributed by atoms with Crippen LogP contribution in [-0.4, -0.2) is 48.3 Å². The Morgan fingerprint density at radius 1 is 0.967 bits per heavy atom. The molecule has 1 aliphatic heterocycles. The molecule has 3 rings (SSSR count). The molecule has 0 aromatic heterocycles. The molecule has 2 aromatic rings. The number of benzene rings is 2. The molecule has 5 heteroatoms.